The second-order valence-corrected chi connectivity index (χ2v) is 10.5. The molecular formula is C24H21ClN4O5S2. The fourth-order valence-corrected chi connectivity index (χ4v) is 5.55. The molecule has 36 heavy (non-hydrogen) atoms. The summed E-state index contributed by atoms with van der Waals surface area (Å²) in [6.07, 6.45) is 0.0131. The number of aryl methyl sites for hydroxylation is 1. The largest absolute Gasteiger partial charge is 0.454 e. The number of carbonyl (C=O) groups excluding carboxylic acids is 2. The molecule has 1 aromatic heterocycles. The zero-order chi connectivity index (χ0) is 25.7. The Labute approximate surface area is 216 Å². The van der Waals surface area contributed by atoms with Crippen LogP contribution in [0, 0.1) is 6.92 Å². The van der Waals surface area contributed by atoms with Crippen LogP contribution in [0.1, 0.15) is 11.1 Å². The minimum absolute atomic E-state index is 0.0131. The number of amides is 1. The van der Waals surface area contributed by atoms with Gasteiger partial charge in [0.1, 0.15) is 22.0 Å². The Bertz CT molecular complexity index is 1510. The number of hydrogen-bond acceptors (Lipinski definition) is 8. The van der Waals surface area contributed by atoms with E-state index in [-0.39, 0.29) is 16.8 Å². The number of anilines is 1. The van der Waals surface area contributed by atoms with Crippen molar-refractivity contribution in [3.8, 4) is 0 Å². The third-order valence-electron chi connectivity index (χ3n) is 5.22. The van der Waals surface area contributed by atoms with Crippen molar-refractivity contribution in [3.05, 3.63) is 82.9 Å². The summed E-state index contributed by atoms with van der Waals surface area (Å²) >= 11 is 6.87. The minimum atomic E-state index is -4.18. The smallest absolute Gasteiger partial charge is 0.325 e. The van der Waals surface area contributed by atoms with E-state index in [0.29, 0.717) is 21.8 Å². The first-order valence-corrected chi connectivity index (χ1v) is 13.3. The van der Waals surface area contributed by atoms with Crippen molar-refractivity contribution in [2.75, 3.05) is 11.9 Å². The quantitative estimate of drug-likeness (QED) is 0.307. The van der Waals surface area contributed by atoms with Gasteiger partial charge in [0.2, 0.25) is 10.0 Å². The Hall–Kier alpha value is -3.38. The number of carbonyl (C=O) groups is 2. The van der Waals surface area contributed by atoms with Crippen molar-refractivity contribution < 1.29 is 22.7 Å². The van der Waals surface area contributed by atoms with Gasteiger partial charge in [-0.2, -0.15) is 13.5 Å². The highest BCUT2D eigenvalue weighted by atomic mass is 35.5. The van der Waals surface area contributed by atoms with E-state index < -0.39 is 34.5 Å². The van der Waals surface area contributed by atoms with Gasteiger partial charge in [0.05, 0.1) is 11.7 Å². The number of rotatable bonds is 9. The van der Waals surface area contributed by atoms with E-state index in [9.17, 15) is 18.0 Å². The molecule has 12 heteroatoms. The van der Waals surface area contributed by atoms with E-state index >= 15 is 0 Å². The van der Waals surface area contributed by atoms with Crippen LogP contribution in [0.2, 0.25) is 5.02 Å². The van der Waals surface area contributed by atoms with Crippen molar-refractivity contribution in [1.29, 1.82) is 0 Å². The summed E-state index contributed by atoms with van der Waals surface area (Å²) in [5.41, 5.74) is 2.60. The van der Waals surface area contributed by atoms with Gasteiger partial charge in [-0.15, -0.1) is 0 Å². The van der Waals surface area contributed by atoms with E-state index in [4.69, 9.17) is 16.3 Å². The number of hydrogen-bond donors (Lipinski definition) is 2. The molecule has 186 valence electrons. The third kappa shape index (κ3) is 6.24. The molecule has 4 rings (SSSR count). The maximum Gasteiger partial charge on any atom is 0.325 e. The second kappa shape index (κ2) is 11.1. The van der Waals surface area contributed by atoms with Gasteiger partial charge in [-0.1, -0.05) is 54.1 Å². The maximum atomic E-state index is 13.2. The molecule has 0 spiro atoms. The van der Waals surface area contributed by atoms with Gasteiger partial charge in [0, 0.05) is 10.7 Å². The summed E-state index contributed by atoms with van der Waals surface area (Å²) in [5, 5.41) is 3.07. The molecule has 1 unspecified atom stereocenters. The number of esters is 1. The van der Waals surface area contributed by atoms with Gasteiger partial charge >= 0.3 is 5.97 Å². The Balaban J connectivity index is 1.51. The molecule has 4 aromatic rings. The molecule has 0 saturated heterocycles. The van der Waals surface area contributed by atoms with Crippen LogP contribution in [0.5, 0.6) is 0 Å². The van der Waals surface area contributed by atoms with Crippen molar-refractivity contribution in [2.24, 2.45) is 0 Å². The molecule has 0 saturated carbocycles. The number of ether oxygens (including phenoxy) is 1. The molecule has 1 amide bonds. The predicted octanol–water partition coefficient (Wildman–Crippen LogP) is 3.72. The van der Waals surface area contributed by atoms with Crippen molar-refractivity contribution >= 4 is 61.9 Å². The van der Waals surface area contributed by atoms with Gasteiger partial charge in [-0.05, 0) is 48.7 Å². The molecule has 0 fully saturated rings. The monoisotopic (exact) mass is 544 g/mol. The fraction of sp³-hybridized carbons (Fsp3) is 0.167. The fourth-order valence-electron chi connectivity index (χ4n) is 3.42. The number of aromatic nitrogens is 2. The highest BCUT2D eigenvalue weighted by Gasteiger charge is 2.29. The summed E-state index contributed by atoms with van der Waals surface area (Å²) in [7, 11) is -4.18. The Morgan fingerprint density at radius 2 is 1.83 bits per heavy atom. The third-order valence-corrected chi connectivity index (χ3v) is 7.50. The lowest BCUT2D eigenvalue weighted by atomic mass is 10.1. The van der Waals surface area contributed by atoms with Gasteiger partial charge in [-0.25, -0.2) is 8.42 Å². The van der Waals surface area contributed by atoms with Crippen molar-refractivity contribution in [1.82, 2.24) is 13.5 Å². The number of fused-ring (bicyclic) bond motifs is 1. The molecule has 9 nitrogen and oxygen atoms in total. The second-order valence-electron chi connectivity index (χ2n) is 7.87. The van der Waals surface area contributed by atoms with Crippen LogP contribution in [0.4, 0.5) is 5.69 Å². The van der Waals surface area contributed by atoms with Crippen LogP contribution in [-0.2, 0) is 30.8 Å². The lowest BCUT2D eigenvalue weighted by Gasteiger charge is -2.18. The van der Waals surface area contributed by atoms with Gasteiger partial charge in [0.25, 0.3) is 5.91 Å². The molecular weight excluding hydrogens is 524 g/mol. The molecule has 1 atom stereocenters. The topological polar surface area (TPSA) is 127 Å². The summed E-state index contributed by atoms with van der Waals surface area (Å²) in [6, 6.07) is 17.2. The average molecular weight is 545 g/mol. The van der Waals surface area contributed by atoms with Crippen LogP contribution >= 0.6 is 23.3 Å². The molecule has 0 aliphatic carbocycles. The van der Waals surface area contributed by atoms with Gasteiger partial charge in [0.15, 0.2) is 6.61 Å². The van der Waals surface area contributed by atoms with Crippen LogP contribution < -0.4 is 10.0 Å². The molecule has 0 bridgehead atoms. The lowest BCUT2D eigenvalue weighted by molar-refractivity contribution is -0.149. The van der Waals surface area contributed by atoms with Crippen molar-refractivity contribution in [3.63, 3.8) is 0 Å². The first-order valence-electron chi connectivity index (χ1n) is 10.7. The Morgan fingerprint density at radius 3 is 2.61 bits per heavy atom. The highest BCUT2D eigenvalue weighted by molar-refractivity contribution is 7.89. The van der Waals surface area contributed by atoms with Gasteiger partial charge < -0.3 is 10.1 Å². The highest BCUT2D eigenvalue weighted by Crippen LogP contribution is 2.22. The van der Waals surface area contributed by atoms with Gasteiger partial charge in [-0.3, -0.25) is 9.59 Å². The van der Waals surface area contributed by atoms with Crippen LogP contribution in [-0.4, -0.2) is 41.7 Å². The molecule has 0 radical (unpaired) electrons. The zero-order valence-electron chi connectivity index (χ0n) is 19.0. The van der Waals surface area contributed by atoms with E-state index in [1.54, 1.807) is 67.6 Å². The van der Waals surface area contributed by atoms with Crippen LogP contribution in [0.15, 0.2) is 71.6 Å². The number of nitrogens with one attached hydrogen (secondary N) is 2. The molecule has 0 aliphatic heterocycles. The lowest BCUT2D eigenvalue weighted by Crippen LogP contribution is -2.44. The van der Waals surface area contributed by atoms with E-state index in [1.165, 1.54) is 6.07 Å². The SMILES string of the molecule is Cc1ccc(Cl)cc1NC(=O)COC(=O)C(Cc1ccccc1)NS(=O)(=O)c1cccc2nsnc12. The summed E-state index contributed by atoms with van der Waals surface area (Å²) < 4.78 is 42.2. The zero-order valence-corrected chi connectivity index (χ0v) is 21.4. The van der Waals surface area contributed by atoms with Crippen LogP contribution in [0.25, 0.3) is 11.0 Å². The maximum absolute atomic E-state index is 13.2. The summed E-state index contributed by atoms with van der Waals surface area (Å²) in [5.74, 6) is -1.49. The van der Waals surface area contributed by atoms with E-state index in [0.717, 1.165) is 17.3 Å². The van der Waals surface area contributed by atoms with E-state index in [2.05, 4.69) is 18.8 Å². The van der Waals surface area contributed by atoms with Crippen LogP contribution in [0.3, 0.4) is 0 Å². The Morgan fingerprint density at radius 1 is 1.06 bits per heavy atom. The first kappa shape index (κ1) is 25.7. The standard InChI is InChI=1S/C24H21ClN4O5S2/c1-15-10-11-17(25)13-19(15)26-22(30)14-34-24(31)20(12-16-6-3-2-4-7-16)29-36(32,33)21-9-5-8-18-23(21)28-35-27-18/h2-11,13,20,29H,12,14H2,1H3,(H,26,30). The normalized spacial score (nSPS) is 12.3. The molecule has 3 aromatic carbocycles. The predicted molar refractivity (Wildman–Crippen MR) is 137 cm³/mol. The molecule has 2 N–H and O–H groups in total. The molecule has 0 aliphatic rings. The average Bonchev–Trinajstić information content (AvgIpc) is 3.34. The van der Waals surface area contributed by atoms with E-state index in [1.807, 2.05) is 0 Å². The number of sulfonamides is 1. The first-order chi connectivity index (χ1) is 17.2. The summed E-state index contributed by atoms with van der Waals surface area (Å²) in [4.78, 5) is 25.3. The van der Waals surface area contributed by atoms with Crippen molar-refractivity contribution in [2.45, 2.75) is 24.3 Å². The molecule has 1 heterocycles. The summed E-state index contributed by atoms with van der Waals surface area (Å²) in [6.45, 7) is 1.18. The minimum Gasteiger partial charge on any atom is -0.454 e. The number of benzene rings is 3. The number of halogens is 1. The number of nitrogens with zero attached hydrogens (tertiary/aromatic N) is 2. The Kier molecular flexibility index (Phi) is 7.94.